The molecule has 7 nitrogen and oxygen atoms in total. The molecule has 0 radical (unpaired) electrons. The van der Waals surface area contributed by atoms with E-state index in [1.54, 1.807) is 24.3 Å². The van der Waals surface area contributed by atoms with Crippen molar-refractivity contribution >= 4 is 39.1 Å². The lowest BCUT2D eigenvalue weighted by Gasteiger charge is -2.34. The maximum absolute atomic E-state index is 14.0. The first-order valence-corrected chi connectivity index (χ1v) is 14.6. The van der Waals surface area contributed by atoms with Crippen LogP contribution in [0.15, 0.2) is 78.9 Å². The molecule has 0 heterocycles. The van der Waals surface area contributed by atoms with E-state index in [4.69, 9.17) is 11.6 Å². The second-order valence-electron chi connectivity index (χ2n) is 9.60. The molecular formula is C29H34ClN3O4S. The highest BCUT2D eigenvalue weighted by atomic mass is 35.5. The van der Waals surface area contributed by atoms with Crippen molar-refractivity contribution < 1.29 is 18.0 Å². The summed E-state index contributed by atoms with van der Waals surface area (Å²) in [6.45, 7) is 5.30. The van der Waals surface area contributed by atoms with Gasteiger partial charge in [-0.2, -0.15) is 0 Å². The molecule has 38 heavy (non-hydrogen) atoms. The topological polar surface area (TPSA) is 86.8 Å². The molecular weight excluding hydrogens is 522 g/mol. The van der Waals surface area contributed by atoms with Gasteiger partial charge in [-0.05, 0) is 44.0 Å². The third-order valence-corrected chi connectivity index (χ3v) is 7.42. The molecule has 0 aliphatic heterocycles. The summed E-state index contributed by atoms with van der Waals surface area (Å²) >= 11 is 6.32. The summed E-state index contributed by atoms with van der Waals surface area (Å²) in [6.07, 6.45) is 1.29. The molecule has 0 fully saturated rings. The smallest absolute Gasteiger partial charge is 0.244 e. The lowest BCUT2D eigenvalue weighted by atomic mass is 10.0. The highest BCUT2D eigenvalue weighted by Crippen LogP contribution is 2.27. The first kappa shape index (κ1) is 29.2. The van der Waals surface area contributed by atoms with Gasteiger partial charge in [0, 0.05) is 19.0 Å². The number of hydrogen-bond donors (Lipinski definition) is 1. The Bertz CT molecular complexity index is 1350. The van der Waals surface area contributed by atoms with Crippen LogP contribution in [-0.4, -0.2) is 50.0 Å². The number of sulfonamides is 1. The summed E-state index contributed by atoms with van der Waals surface area (Å²) in [4.78, 5) is 28.9. The monoisotopic (exact) mass is 555 g/mol. The van der Waals surface area contributed by atoms with Crippen molar-refractivity contribution in [1.29, 1.82) is 0 Å². The fourth-order valence-electron chi connectivity index (χ4n) is 4.07. The minimum absolute atomic E-state index is 0.127. The molecule has 0 spiro atoms. The number of halogens is 1. The Morgan fingerprint density at radius 3 is 2.08 bits per heavy atom. The van der Waals surface area contributed by atoms with E-state index in [0.29, 0.717) is 0 Å². The lowest BCUT2D eigenvalue weighted by Crippen LogP contribution is -2.54. The third kappa shape index (κ3) is 8.07. The van der Waals surface area contributed by atoms with Crippen LogP contribution in [0, 0.1) is 6.92 Å². The van der Waals surface area contributed by atoms with E-state index in [0.717, 1.165) is 27.3 Å². The van der Waals surface area contributed by atoms with Gasteiger partial charge in [0.05, 0.1) is 17.0 Å². The van der Waals surface area contributed by atoms with Gasteiger partial charge in [-0.25, -0.2) is 8.42 Å². The fourth-order valence-corrected chi connectivity index (χ4v) is 5.22. The lowest BCUT2D eigenvalue weighted by molar-refractivity contribution is -0.140. The summed E-state index contributed by atoms with van der Waals surface area (Å²) in [5.41, 5.74) is 2.96. The Labute approximate surface area is 230 Å². The van der Waals surface area contributed by atoms with Crippen molar-refractivity contribution in [3.63, 3.8) is 0 Å². The van der Waals surface area contributed by atoms with Crippen LogP contribution >= 0.6 is 11.6 Å². The highest BCUT2D eigenvalue weighted by molar-refractivity contribution is 7.92. The molecule has 0 aliphatic carbocycles. The molecule has 9 heteroatoms. The number of amides is 2. The average Bonchev–Trinajstić information content (AvgIpc) is 2.85. The fraction of sp³-hybridized carbons (Fsp3) is 0.310. The van der Waals surface area contributed by atoms with Gasteiger partial charge in [0.2, 0.25) is 21.8 Å². The number of nitrogens with zero attached hydrogens (tertiary/aromatic N) is 2. The molecule has 3 aromatic carbocycles. The molecule has 0 bridgehead atoms. The van der Waals surface area contributed by atoms with E-state index in [-0.39, 0.29) is 35.6 Å². The summed E-state index contributed by atoms with van der Waals surface area (Å²) in [7, 11) is -3.87. The first-order valence-electron chi connectivity index (χ1n) is 12.4. The normalized spacial score (nSPS) is 12.2. The maximum Gasteiger partial charge on any atom is 0.244 e. The van der Waals surface area contributed by atoms with Crippen molar-refractivity contribution in [2.75, 3.05) is 17.1 Å². The zero-order chi connectivity index (χ0) is 27.9. The number of aryl methyl sites for hydroxylation is 1. The number of hydrogen-bond acceptors (Lipinski definition) is 4. The first-order chi connectivity index (χ1) is 18.0. The van der Waals surface area contributed by atoms with Gasteiger partial charge < -0.3 is 10.2 Å². The standard InChI is InChI=1S/C29H34ClN3O4S/c1-21(2)31-29(35)27(18-23-10-6-5-7-11-23)32(19-24-16-14-22(3)15-17-24)28(34)20-33(38(4,36)37)26-13-9-8-12-25(26)30/h5-17,21,27H,18-20H2,1-4H3,(H,31,35)/t27-/m1/s1. The number of carbonyl (C=O) groups is 2. The van der Waals surface area contributed by atoms with Crippen molar-refractivity contribution in [1.82, 2.24) is 10.2 Å². The van der Waals surface area contributed by atoms with E-state index in [2.05, 4.69) is 5.32 Å². The number of para-hydroxylation sites is 1. The molecule has 0 unspecified atom stereocenters. The highest BCUT2D eigenvalue weighted by Gasteiger charge is 2.33. The quantitative estimate of drug-likeness (QED) is 0.375. The largest absolute Gasteiger partial charge is 0.352 e. The van der Waals surface area contributed by atoms with Gasteiger partial charge in [-0.15, -0.1) is 0 Å². The van der Waals surface area contributed by atoms with E-state index < -0.39 is 28.5 Å². The van der Waals surface area contributed by atoms with Crippen LogP contribution in [0.25, 0.3) is 0 Å². The second-order valence-corrected chi connectivity index (χ2v) is 11.9. The molecule has 3 rings (SSSR count). The molecule has 0 saturated carbocycles. The second kappa shape index (κ2) is 12.9. The summed E-state index contributed by atoms with van der Waals surface area (Å²) in [5.74, 6) is -0.830. The van der Waals surface area contributed by atoms with Crippen LogP contribution in [0.5, 0.6) is 0 Å². The summed E-state index contributed by atoms with van der Waals surface area (Å²) in [6, 6.07) is 22.5. The van der Waals surface area contributed by atoms with Crippen LogP contribution in [0.4, 0.5) is 5.69 Å². The van der Waals surface area contributed by atoms with Gasteiger partial charge in [0.1, 0.15) is 12.6 Å². The molecule has 3 aromatic rings. The Balaban J connectivity index is 2.06. The number of carbonyl (C=O) groups excluding carboxylic acids is 2. The van der Waals surface area contributed by atoms with E-state index >= 15 is 0 Å². The van der Waals surface area contributed by atoms with Gasteiger partial charge in [0.25, 0.3) is 0 Å². The zero-order valence-corrected chi connectivity index (χ0v) is 23.7. The van der Waals surface area contributed by atoms with Crippen LogP contribution < -0.4 is 9.62 Å². The number of rotatable bonds is 11. The Kier molecular flexibility index (Phi) is 9.94. The van der Waals surface area contributed by atoms with Gasteiger partial charge >= 0.3 is 0 Å². The van der Waals surface area contributed by atoms with Crippen LogP contribution in [0.3, 0.4) is 0 Å². The number of anilines is 1. The Morgan fingerprint density at radius 2 is 1.50 bits per heavy atom. The minimum Gasteiger partial charge on any atom is -0.352 e. The molecule has 0 saturated heterocycles. The third-order valence-electron chi connectivity index (χ3n) is 5.98. The predicted molar refractivity (Wildman–Crippen MR) is 153 cm³/mol. The summed E-state index contributed by atoms with van der Waals surface area (Å²) in [5, 5.41) is 3.13. The van der Waals surface area contributed by atoms with Crippen LogP contribution in [0.2, 0.25) is 5.02 Å². The van der Waals surface area contributed by atoms with Crippen molar-refractivity contribution in [3.8, 4) is 0 Å². The average molecular weight is 556 g/mol. The van der Waals surface area contributed by atoms with Gasteiger partial charge in [0.15, 0.2) is 0 Å². The Morgan fingerprint density at radius 1 is 0.895 bits per heavy atom. The van der Waals surface area contributed by atoms with Crippen molar-refractivity contribution in [2.45, 2.75) is 45.8 Å². The SMILES string of the molecule is Cc1ccc(CN(C(=O)CN(c2ccccc2Cl)S(C)(=O)=O)[C@H](Cc2ccccc2)C(=O)NC(C)C)cc1. The molecule has 2 amide bonds. The number of nitrogens with one attached hydrogen (secondary N) is 1. The van der Waals surface area contributed by atoms with Crippen LogP contribution in [-0.2, 0) is 32.6 Å². The van der Waals surface area contributed by atoms with E-state index in [1.807, 2.05) is 75.4 Å². The zero-order valence-electron chi connectivity index (χ0n) is 22.1. The van der Waals surface area contributed by atoms with Crippen molar-refractivity contribution in [2.24, 2.45) is 0 Å². The Hall–Kier alpha value is -3.36. The van der Waals surface area contributed by atoms with Gasteiger partial charge in [-0.3, -0.25) is 13.9 Å². The van der Waals surface area contributed by atoms with E-state index in [9.17, 15) is 18.0 Å². The van der Waals surface area contributed by atoms with E-state index in [1.165, 1.54) is 4.90 Å². The number of benzene rings is 3. The molecule has 1 atom stereocenters. The predicted octanol–water partition coefficient (Wildman–Crippen LogP) is 4.58. The van der Waals surface area contributed by atoms with Gasteiger partial charge in [-0.1, -0.05) is 83.9 Å². The minimum atomic E-state index is -3.87. The summed E-state index contributed by atoms with van der Waals surface area (Å²) < 4.78 is 26.6. The molecule has 0 aromatic heterocycles. The molecule has 202 valence electrons. The molecule has 0 aliphatic rings. The van der Waals surface area contributed by atoms with Crippen molar-refractivity contribution in [3.05, 3.63) is 101 Å². The van der Waals surface area contributed by atoms with Crippen LogP contribution in [0.1, 0.15) is 30.5 Å². The maximum atomic E-state index is 14.0. The molecule has 1 N–H and O–H groups in total.